The Morgan fingerprint density at radius 1 is 1.50 bits per heavy atom. The van der Waals surface area contributed by atoms with Gasteiger partial charge in [-0.15, -0.1) is 5.10 Å². The summed E-state index contributed by atoms with van der Waals surface area (Å²) in [6.07, 6.45) is 0.604. The van der Waals surface area contributed by atoms with E-state index in [0.29, 0.717) is 17.7 Å². The van der Waals surface area contributed by atoms with E-state index < -0.39 is 5.91 Å². The van der Waals surface area contributed by atoms with Gasteiger partial charge in [0.05, 0.1) is 11.4 Å². The highest BCUT2D eigenvalue weighted by Gasteiger charge is 2.05. The van der Waals surface area contributed by atoms with Crippen molar-refractivity contribution in [3.8, 4) is 0 Å². The van der Waals surface area contributed by atoms with Gasteiger partial charge >= 0.3 is 0 Å². The maximum Gasteiger partial charge on any atom is 0.248 e. The van der Waals surface area contributed by atoms with E-state index in [2.05, 4.69) is 22.3 Å². The van der Waals surface area contributed by atoms with E-state index in [1.165, 1.54) is 0 Å². The minimum absolute atomic E-state index is 0.431. The molecule has 1 radical (unpaired) electrons. The molecule has 1 amide bonds. The van der Waals surface area contributed by atoms with Crippen molar-refractivity contribution in [1.82, 2.24) is 15.4 Å². The molecule has 81 valence electrons. The van der Waals surface area contributed by atoms with Crippen LogP contribution >= 0.6 is 0 Å². The molecule has 1 aromatic carbocycles. The van der Waals surface area contributed by atoms with Gasteiger partial charge in [0.2, 0.25) is 5.91 Å². The number of carbonyl (C=O) groups excluding carboxylic acids is 1. The number of aromatic amines is 1. The lowest BCUT2D eigenvalue weighted by Crippen LogP contribution is -2.11. The van der Waals surface area contributed by atoms with Gasteiger partial charge in [0.1, 0.15) is 0 Å². The van der Waals surface area contributed by atoms with E-state index in [-0.39, 0.29) is 0 Å². The zero-order chi connectivity index (χ0) is 11.5. The van der Waals surface area contributed by atoms with E-state index in [9.17, 15) is 4.79 Å². The molecule has 5 nitrogen and oxygen atoms in total. The summed E-state index contributed by atoms with van der Waals surface area (Å²) in [5, 5.41) is 10.2. The third-order valence-corrected chi connectivity index (χ3v) is 2.30. The van der Waals surface area contributed by atoms with E-state index in [4.69, 9.17) is 5.73 Å². The highest BCUT2D eigenvalue weighted by molar-refractivity contribution is 5.92. The molecule has 0 aliphatic carbocycles. The summed E-state index contributed by atoms with van der Waals surface area (Å²) >= 11 is 0. The lowest BCUT2D eigenvalue weighted by Gasteiger charge is -2.01. The number of nitrogens with zero attached hydrogens (tertiary/aromatic N) is 2. The smallest absolute Gasteiger partial charge is 0.248 e. The van der Waals surface area contributed by atoms with Crippen molar-refractivity contribution in [2.45, 2.75) is 6.42 Å². The van der Waals surface area contributed by atoms with E-state index in [1.54, 1.807) is 18.2 Å². The molecule has 0 aliphatic heterocycles. The zero-order valence-corrected chi connectivity index (χ0v) is 8.60. The standard InChI is InChI=1S/C11H11N4O/c1-7-10(14-15-13-7)6-8-3-2-4-9(5-8)11(12)16/h2-5H,1,6H2,(H2,12,16)(H,13,14,15). The maximum atomic E-state index is 11.0. The van der Waals surface area contributed by atoms with Gasteiger partial charge in [-0.1, -0.05) is 17.3 Å². The molecule has 2 rings (SSSR count). The minimum atomic E-state index is -0.431. The molecule has 0 atom stereocenters. The summed E-state index contributed by atoms with van der Waals surface area (Å²) in [4.78, 5) is 11.0. The van der Waals surface area contributed by atoms with Gasteiger partial charge < -0.3 is 5.73 Å². The average molecular weight is 215 g/mol. The second kappa shape index (κ2) is 4.14. The average Bonchev–Trinajstić information content (AvgIpc) is 2.65. The lowest BCUT2D eigenvalue weighted by molar-refractivity contribution is 0.1000. The van der Waals surface area contributed by atoms with Crippen LogP contribution in [0.2, 0.25) is 0 Å². The van der Waals surface area contributed by atoms with Crippen molar-refractivity contribution >= 4 is 5.91 Å². The van der Waals surface area contributed by atoms with Gasteiger partial charge in [0.15, 0.2) is 0 Å². The Kier molecular flexibility index (Phi) is 2.68. The fourth-order valence-corrected chi connectivity index (χ4v) is 1.45. The van der Waals surface area contributed by atoms with Crippen molar-refractivity contribution in [3.63, 3.8) is 0 Å². The molecule has 16 heavy (non-hydrogen) atoms. The molecule has 1 heterocycles. The number of aromatic nitrogens is 3. The first-order valence-electron chi connectivity index (χ1n) is 4.77. The fraction of sp³-hybridized carbons (Fsp3) is 0.0909. The summed E-state index contributed by atoms with van der Waals surface area (Å²) in [5.41, 5.74) is 8.11. The van der Waals surface area contributed by atoms with Crippen LogP contribution in [0.5, 0.6) is 0 Å². The first-order valence-corrected chi connectivity index (χ1v) is 4.77. The van der Waals surface area contributed by atoms with Crippen molar-refractivity contribution in [3.05, 3.63) is 53.7 Å². The van der Waals surface area contributed by atoms with Crippen LogP contribution in [0, 0.1) is 6.92 Å². The summed E-state index contributed by atoms with van der Waals surface area (Å²) in [5.74, 6) is -0.431. The molecule has 0 saturated carbocycles. The van der Waals surface area contributed by atoms with Crippen LogP contribution in [0.4, 0.5) is 0 Å². The second-order valence-electron chi connectivity index (χ2n) is 3.48. The molecular formula is C11H11N4O. The molecular weight excluding hydrogens is 204 g/mol. The van der Waals surface area contributed by atoms with Crippen LogP contribution in [-0.2, 0) is 6.42 Å². The maximum absolute atomic E-state index is 11.0. The van der Waals surface area contributed by atoms with Crippen molar-refractivity contribution in [2.75, 3.05) is 0 Å². The highest BCUT2D eigenvalue weighted by atomic mass is 16.1. The molecule has 0 aliphatic rings. The third kappa shape index (κ3) is 2.08. The number of hydrogen-bond acceptors (Lipinski definition) is 3. The van der Waals surface area contributed by atoms with Crippen molar-refractivity contribution in [2.24, 2.45) is 5.73 Å². The molecule has 0 bridgehead atoms. The van der Waals surface area contributed by atoms with Crippen LogP contribution in [0.15, 0.2) is 24.3 Å². The Bertz CT molecular complexity index is 518. The fourth-order valence-electron chi connectivity index (χ4n) is 1.45. The second-order valence-corrected chi connectivity index (χ2v) is 3.48. The van der Waals surface area contributed by atoms with Gasteiger partial charge in [0.25, 0.3) is 0 Å². The molecule has 1 aromatic heterocycles. The predicted molar refractivity (Wildman–Crippen MR) is 58.6 cm³/mol. The summed E-state index contributed by atoms with van der Waals surface area (Å²) in [6.45, 7) is 3.74. The molecule has 3 N–H and O–H groups in total. The Balaban J connectivity index is 2.25. The van der Waals surface area contributed by atoms with Crippen LogP contribution in [0.25, 0.3) is 0 Å². The summed E-state index contributed by atoms with van der Waals surface area (Å²) < 4.78 is 0. The van der Waals surface area contributed by atoms with Gasteiger partial charge in [-0.3, -0.25) is 9.89 Å². The Morgan fingerprint density at radius 3 is 2.94 bits per heavy atom. The van der Waals surface area contributed by atoms with Crippen LogP contribution in [0.3, 0.4) is 0 Å². The van der Waals surface area contributed by atoms with E-state index in [0.717, 1.165) is 11.3 Å². The highest BCUT2D eigenvalue weighted by Crippen LogP contribution is 2.11. The first kappa shape index (κ1) is 10.4. The molecule has 0 spiro atoms. The minimum Gasteiger partial charge on any atom is -0.366 e. The first-order chi connectivity index (χ1) is 7.66. The van der Waals surface area contributed by atoms with E-state index >= 15 is 0 Å². The largest absolute Gasteiger partial charge is 0.366 e. The van der Waals surface area contributed by atoms with Crippen LogP contribution in [-0.4, -0.2) is 21.3 Å². The molecule has 2 aromatic rings. The van der Waals surface area contributed by atoms with Gasteiger partial charge in [-0.2, -0.15) is 0 Å². The zero-order valence-electron chi connectivity index (χ0n) is 8.60. The Labute approximate surface area is 92.7 Å². The predicted octanol–water partition coefficient (Wildman–Crippen LogP) is 0.677. The van der Waals surface area contributed by atoms with Crippen molar-refractivity contribution in [1.29, 1.82) is 0 Å². The number of H-pyrrole nitrogens is 1. The van der Waals surface area contributed by atoms with Crippen molar-refractivity contribution < 1.29 is 4.79 Å². The Hall–Kier alpha value is -2.17. The quantitative estimate of drug-likeness (QED) is 0.789. The number of carbonyl (C=O) groups is 1. The Morgan fingerprint density at radius 2 is 2.31 bits per heavy atom. The molecule has 0 unspecified atom stereocenters. The number of rotatable bonds is 3. The third-order valence-electron chi connectivity index (χ3n) is 2.30. The number of nitrogens with one attached hydrogen (secondary N) is 1. The monoisotopic (exact) mass is 215 g/mol. The SMILES string of the molecule is [CH2]c1nn[nH]c1Cc1cccc(C(N)=O)c1. The lowest BCUT2D eigenvalue weighted by atomic mass is 10.1. The number of nitrogens with two attached hydrogens (primary N) is 1. The number of hydrogen-bond donors (Lipinski definition) is 2. The molecule has 0 fully saturated rings. The molecule has 5 heteroatoms. The molecule has 0 saturated heterocycles. The topological polar surface area (TPSA) is 84.7 Å². The number of amides is 1. The van der Waals surface area contributed by atoms with Gasteiger partial charge in [0, 0.05) is 12.0 Å². The van der Waals surface area contributed by atoms with Crippen LogP contribution < -0.4 is 5.73 Å². The summed E-state index contributed by atoms with van der Waals surface area (Å²) in [6, 6.07) is 7.14. The normalized spacial score (nSPS) is 10.3. The number of primary amides is 1. The van der Waals surface area contributed by atoms with Crippen LogP contribution in [0.1, 0.15) is 27.3 Å². The van der Waals surface area contributed by atoms with Gasteiger partial charge in [-0.25, -0.2) is 0 Å². The van der Waals surface area contributed by atoms with E-state index in [1.807, 2.05) is 6.07 Å². The van der Waals surface area contributed by atoms with Gasteiger partial charge in [-0.05, 0) is 24.6 Å². The summed E-state index contributed by atoms with van der Waals surface area (Å²) in [7, 11) is 0. The number of benzene rings is 1.